The molecule has 2 unspecified atom stereocenters. The van der Waals surface area contributed by atoms with Crippen molar-refractivity contribution in [3.63, 3.8) is 0 Å². The first-order valence-corrected chi connectivity index (χ1v) is 7.45. The summed E-state index contributed by atoms with van der Waals surface area (Å²) >= 11 is 0. The van der Waals surface area contributed by atoms with Gasteiger partial charge in [-0.05, 0) is 45.2 Å². The van der Waals surface area contributed by atoms with Gasteiger partial charge < -0.3 is 10.1 Å². The molecule has 4 nitrogen and oxygen atoms in total. The first-order valence-electron chi connectivity index (χ1n) is 7.45. The molecule has 0 spiro atoms. The summed E-state index contributed by atoms with van der Waals surface area (Å²) in [6.07, 6.45) is 5.95. The van der Waals surface area contributed by atoms with Crippen molar-refractivity contribution >= 4 is 0 Å². The second-order valence-electron chi connectivity index (χ2n) is 5.79. The van der Waals surface area contributed by atoms with Crippen LogP contribution in [-0.2, 0) is 11.2 Å². The van der Waals surface area contributed by atoms with Gasteiger partial charge in [0.25, 0.3) is 0 Å². The van der Waals surface area contributed by atoms with E-state index < -0.39 is 0 Å². The Morgan fingerprint density at radius 3 is 2.68 bits per heavy atom. The van der Waals surface area contributed by atoms with Crippen molar-refractivity contribution in [2.24, 2.45) is 5.92 Å². The van der Waals surface area contributed by atoms with Gasteiger partial charge in [0.2, 0.25) is 0 Å². The van der Waals surface area contributed by atoms with Crippen LogP contribution in [0, 0.1) is 5.92 Å². The lowest BCUT2D eigenvalue weighted by molar-refractivity contribution is 0.0512. The van der Waals surface area contributed by atoms with E-state index >= 15 is 0 Å². The van der Waals surface area contributed by atoms with E-state index in [-0.39, 0.29) is 0 Å². The second-order valence-corrected chi connectivity index (χ2v) is 5.79. The summed E-state index contributed by atoms with van der Waals surface area (Å²) in [5.41, 5.74) is 1.15. The third-order valence-corrected chi connectivity index (χ3v) is 3.84. The summed E-state index contributed by atoms with van der Waals surface area (Å²) in [5, 5.41) is 8.22. The lowest BCUT2D eigenvalue weighted by Crippen LogP contribution is -2.43. The van der Waals surface area contributed by atoms with Crippen LogP contribution >= 0.6 is 0 Å². The van der Waals surface area contributed by atoms with Crippen LogP contribution in [0.3, 0.4) is 0 Å². The summed E-state index contributed by atoms with van der Waals surface area (Å²) in [6.45, 7) is 7.43. The molecule has 0 aliphatic heterocycles. The molecule has 0 amide bonds. The molecule has 19 heavy (non-hydrogen) atoms. The third-order valence-electron chi connectivity index (χ3n) is 3.84. The number of nitrogens with one attached hydrogen (secondary N) is 1. The molecule has 1 aromatic heterocycles. The van der Waals surface area contributed by atoms with E-state index in [2.05, 4.69) is 43.4 Å². The minimum Gasteiger partial charge on any atom is -0.380 e. The van der Waals surface area contributed by atoms with Crippen LogP contribution in [0.25, 0.3) is 0 Å². The molecule has 2 rings (SSSR count). The van der Waals surface area contributed by atoms with Gasteiger partial charge in [0.1, 0.15) is 0 Å². The summed E-state index contributed by atoms with van der Waals surface area (Å²) in [6, 6.07) is 2.93. The molecule has 1 heterocycles. The van der Waals surface area contributed by atoms with E-state index in [1.165, 1.54) is 12.8 Å². The molecule has 2 atom stereocenters. The van der Waals surface area contributed by atoms with Crippen LogP contribution in [0.4, 0.5) is 0 Å². The molecule has 108 valence electrons. The smallest absolute Gasteiger partial charge is 0.0756 e. The first-order chi connectivity index (χ1) is 9.15. The Kier molecular flexibility index (Phi) is 4.99. The van der Waals surface area contributed by atoms with E-state index in [1.807, 2.05) is 11.8 Å². The van der Waals surface area contributed by atoms with Crippen molar-refractivity contribution < 1.29 is 4.74 Å². The zero-order valence-corrected chi connectivity index (χ0v) is 12.6. The Bertz CT molecular complexity index is 384. The summed E-state index contributed by atoms with van der Waals surface area (Å²) in [5.74, 6) is 0.737. The topological polar surface area (TPSA) is 39.1 Å². The van der Waals surface area contributed by atoms with Gasteiger partial charge in [-0.2, -0.15) is 5.10 Å². The first kappa shape index (κ1) is 14.5. The number of nitrogens with zero attached hydrogens (tertiary/aromatic N) is 2. The molecule has 0 radical (unpaired) electrons. The molecular formula is C15H27N3O. The molecular weight excluding hydrogens is 238 g/mol. The maximum absolute atomic E-state index is 5.72. The van der Waals surface area contributed by atoms with Crippen molar-refractivity contribution in [2.75, 3.05) is 13.7 Å². The zero-order chi connectivity index (χ0) is 13.8. The van der Waals surface area contributed by atoms with Crippen LogP contribution in [-0.4, -0.2) is 35.6 Å². The zero-order valence-electron chi connectivity index (χ0n) is 12.6. The highest BCUT2D eigenvalue weighted by atomic mass is 16.5. The lowest BCUT2D eigenvalue weighted by Gasteiger charge is -2.26. The molecule has 1 aromatic rings. The van der Waals surface area contributed by atoms with Crippen molar-refractivity contribution in [3.8, 4) is 0 Å². The highest BCUT2D eigenvalue weighted by Gasteiger charge is 2.36. The predicted octanol–water partition coefficient (Wildman–Crippen LogP) is 2.41. The van der Waals surface area contributed by atoms with Gasteiger partial charge in [0.15, 0.2) is 0 Å². The van der Waals surface area contributed by atoms with E-state index in [9.17, 15) is 0 Å². The quantitative estimate of drug-likeness (QED) is 0.784. The molecule has 0 bridgehead atoms. The fraction of sp³-hybridized carbons (Fsp3) is 0.800. The summed E-state index contributed by atoms with van der Waals surface area (Å²) in [7, 11) is 1.83. The van der Waals surface area contributed by atoms with Gasteiger partial charge in [-0.25, -0.2) is 0 Å². The Balaban J connectivity index is 2.01. The van der Waals surface area contributed by atoms with E-state index in [0.29, 0.717) is 18.2 Å². The highest BCUT2D eigenvalue weighted by molar-refractivity contribution is 5.05. The van der Waals surface area contributed by atoms with Crippen LogP contribution in [0.5, 0.6) is 0 Å². The largest absolute Gasteiger partial charge is 0.380 e. The van der Waals surface area contributed by atoms with Gasteiger partial charge in [0, 0.05) is 31.8 Å². The molecule has 0 aromatic carbocycles. The fourth-order valence-corrected chi connectivity index (χ4v) is 2.68. The van der Waals surface area contributed by atoms with Crippen molar-refractivity contribution in [1.29, 1.82) is 0 Å². The van der Waals surface area contributed by atoms with Crippen molar-refractivity contribution in [1.82, 2.24) is 15.1 Å². The second kappa shape index (κ2) is 6.53. The maximum Gasteiger partial charge on any atom is 0.0756 e. The number of rotatable bonds is 8. The highest BCUT2D eigenvalue weighted by Crippen LogP contribution is 2.36. The molecule has 1 N–H and O–H groups in total. The number of hydrogen-bond acceptors (Lipinski definition) is 3. The fourth-order valence-electron chi connectivity index (χ4n) is 2.68. The number of methoxy groups -OCH3 is 1. The molecule has 4 heteroatoms. The number of hydrogen-bond donors (Lipinski definition) is 1. The minimum absolute atomic E-state index is 0.323. The number of likely N-dealkylation sites (N-methyl/N-ethyl adjacent to an activating group) is 1. The Hall–Kier alpha value is -0.870. The molecule has 0 saturated heterocycles. The van der Waals surface area contributed by atoms with E-state index in [0.717, 1.165) is 24.6 Å². The van der Waals surface area contributed by atoms with Gasteiger partial charge >= 0.3 is 0 Å². The van der Waals surface area contributed by atoms with Crippen molar-refractivity contribution in [2.45, 2.75) is 58.2 Å². The molecule has 1 aliphatic rings. The van der Waals surface area contributed by atoms with Crippen LogP contribution < -0.4 is 5.32 Å². The van der Waals surface area contributed by atoms with Gasteiger partial charge in [-0.1, -0.05) is 6.92 Å². The monoisotopic (exact) mass is 265 g/mol. The number of aromatic nitrogens is 2. The lowest BCUT2D eigenvalue weighted by atomic mass is 10.0. The standard InChI is InChI=1S/C15H27N3O/c1-5-16-14(15(19-4)12-6-7-12)10-13-8-9-18(17-13)11(2)3/h8-9,11-12,14-16H,5-7,10H2,1-4H3. The number of ether oxygens (including phenoxy) is 1. The van der Waals surface area contributed by atoms with Crippen LogP contribution in [0.2, 0.25) is 0 Å². The van der Waals surface area contributed by atoms with Gasteiger partial charge in [-0.3, -0.25) is 4.68 Å². The maximum atomic E-state index is 5.72. The van der Waals surface area contributed by atoms with Gasteiger partial charge in [0.05, 0.1) is 11.8 Å². The molecule has 1 aliphatic carbocycles. The Labute approximate surface area is 116 Å². The normalized spacial score (nSPS) is 18.8. The Morgan fingerprint density at radius 2 is 2.21 bits per heavy atom. The van der Waals surface area contributed by atoms with E-state index in [4.69, 9.17) is 4.74 Å². The SMILES string of the molecule is CCNC(Cc1ccn(C(C)C)n1)C(OC)C1CC1. The van der Waals surface area contributed by atoms with Crippen LogP contribution in [0.1, 0.15) is 45.3 Å². The van der Waals surface area contributed by atoms with Crippen molar-refractivity contribution in [3.05, 3.63) is 18.0 Å². The van der Waals surface area contributed by atoms with Gasteiger partial charge in [-0.15, -0.1) is 0 Å². The third kappa shape index (κ3) is 3.80. The average molecular weight is 265 g/mol. The molecule has 1 saturated carbocycles. The minimum atomic E-state index is 0.323. The van der Waals surface area contributed by atoms with E-state index in [1.54, 1.807) is 0 Å². The van der Waals surface area contributed by atoms with Crippen LogP contribution in [0.15, 0.2) is 12.3 Å². The Morgan fingerprint density at radius 1 is 1.47 bits per heavy atom. The predicted molar refractivity (Wildman–Crippen MR) is 77.3 cm³/mol. The average Bonchev–Trinajstić information content (AvgIpc) is 3.09. The summed E-state index contributed by atoms with van der Waals surface area (Å²) in [4.78, 5) is 0. The summed E-state index contributed by atoms with van der Waals surface area (Å²) < 4.78 is 7.74. The molecule has 1 fully saturated rings.